The smallest absolute Gasteiger partial charge is 0.438 e. The molecule has 0 spiro atoms. The maximum absolute atomic E-state index is 9.74. The highest BCUT2D eigenvalue weighted by molar-refractivity contribution is 5.59. The predicted molar refractivity (Wildman–Crippen MR) is 50.6 cm³/mol. The summed E-state index contributed by atoms with van der Waals surface area (Å²) in [6, 6.07) is 10.3. The van der Waals surface area contributed by atoms with Crippen LogP contribution in [-0.2, 0) is 9.47 Å². The first-order chi connectivity index (χ1) is 6.20. The van der Waals surface area contributed by atoms with Gasteiger partial charge in [0.1, 0.15) is 0 Å². The molecule has 13 heavy (non-hydrogen) atoms. The monoisotopic (exact) mass is 182 g/mol. The Morgan fingerprint density at radius 1 is 1.08 bits per heavy atom. The third-order valence-corrected chi connectivity index (χ3v) is 1.27. The van der Waals surface area contributed by atoms with Gasteiger partial charge in [-0.05, 0) is 6.92 Å². The van der Waals surface area contributed by atoms with Gasteiger partial charge in [0.05, 0.1) is 14.2 Å². The Morgan fingerprint density at radius 2 is 1.54 bits per heavy atom. The van der Waals surface area contributed by atoms with Crippen molar-refractivity contribution in [3.05, 3.63) is 35.9 Å². The van der Waals surface area contributed by atoms with Crippen LogP contribution in [0, 0.1) is 6.92 Å². The number of rotatable bonds is 0. The second-order valence-corrected chi connectivity index (χ2v) is 2.31. The van der Waals surface area contributed by atoms with Gasteiger partial charge in [0, 0.05) is 0 Å². The minimum Gasteiger partial charge on any atom is -0.438 e. The first kappa shape index (κ1) is 11.5. The topological polar surface area (TPSA) is 35.5 Å². The summed E-state index contributed by atoms with van der Waals surface area (Å²) < 4.78 is 8.08. The van der Waals surface area contributed by atoms with Crippen molar-refractivity contribution in [1.29, 1.82) is 0 Å². The number of ether oxygens (including phenoxy) is 2. The van der Waals surface area contributed by atoms with Crippen LogP contribution in [0.5, 0.6) is 0 Å². The lowest BCUT2D eigenvalue weighted by Gasteiger charge is -1.89. The van der Waals surface area contributed by atoms with Crippen LogP contribution in [0.3, 0.4) is 0 Å². The van der Waals surface area contributed by atoms with Gasteiger partial charge in [-0.1, -0.05) is 35.9 Å². The lowest BCUT2D eigenvalue weighted by atomic mass is 10.2. The fourth-order valence-corrected chi connectivity index (χ4v) is 0.618. The van der Waals surface area contributed by atoms with Crippen LogP contribution >= 0.6 is 0 Å². The maximum Gasteiger partial charge on any atom is 0.507 e. The first-order valence-corrected chi connectivity index (χ1v) is 3.84. The number of carbonyl (C=O) groups excluding carboxylic acids is 1. The molecule has 3 nitrogen and oxygen atoms in total. The molecule has 0 aliphatic carbocycles. The normalized spacial score (nSPS) is 7.92. The molecule has 0 fully saturated rings. The summed E-state index contributed by atoms with van der Waals surface area (Å²) in [7, 11) is 2.51. The van der Waals surface area contributed by atoms with Gasteiger partial charge < -0.3 is 9.47 Å². The highest BCUT2D eigenvalue weighted by Crippen LogP contribution is 1.92. The SMILES string of the molecule is COC(=O)OC.Cc1ccccc1. The average molecular weight is 182 g/mol. The van der Waals surface area contributed by atoms with E-state index in [0.29, 0.717) is 0 Å². The van der Waals surface area contributed by atoms with Crippen LogP contribution in [0.1, 0.15) is 5.56 Å². The summed E-state index contributed by atoms with van der Waals surface area (Å²) in [5, 5.41) is 0. The van der Waals surface area contributed by atoms with Gasteiger partial charge in [-0.15, -0.1) is 0 Å². The molecule has 1 aromatic rings. The lowest BCUT2D eigenvalue weighted by Crippen LogP contribution is -1.97. The Labute approximate surface area is 78.3 Å². The van der Waals surface area contributed by atoms with Crippen molar-refractivity contribution in [2.45, 2.75) is 6.92 Å². The number of hydrogen-bond donors (Lipinski definition) is 0. The van der Waals surface area contributed by atoms with Gasteiger partial charge >= 0.3 is 6.16 Å². The van der Waals surface area contributed by atoms with E-state index >= 15 is 0 Å². The van der Waals surface area contributed by atoms with Crippen molar-refractivity contribution in [2.24, 2.45) is 0 Å². The molecule has 0 unspecified atom stereocenters. The number of hydrogen-bond acceptors (Lipinski definition) is 3. The van der Waals surface area contributed by atoms with Crippen LogP contribution in [0.4, 0.5) is 4.79 Å². The zero-order valence-corrected chi connectivity index (χ0v) is 8.11. The van der Waals surface area contributed by atoms with Crippen LogP contribution in [-0.4, -0.2) is 20.4 Å². The highest BCUT2D eigenvalue weighted by Gasteiger charge is 1.88. The lowest BCUT2D eigenvalue weighted by molar-refractivity contribution is 0.0924. The summed E-state index contributed by atoms with van der Waals surface area (Å²) in [6.07, 6.45) is -0.657. The second-order valence-electron chi connectivity index (χ2n) is 2.31. The molecule has 0 heterocycles. The van der Waals surface area contributed by atoms with Gasteiger partial charge in [-0.3, -0.25) is 0 Å². The standard InChI is InChI=1S/C7H8.C3H6O3/c1-7-5-3-2-4-6-7;1-5-3(4)6-2/h2-6H,1H3;1-2H3. The Morgan fingerprint density at radius 3 is 1.69 bits per heavy atom. The minimum atomic E-state index is -0.657. The number of benzene rings is 1. The number of methoxy groups -OCH3 is 2. The fraction of sp³-hybridized carbons (Fsp3) is 0.300. The molecule has 0 aromatic heterocycles. The van der Waals surface area contributed by atoms with Crippen LogP contribution < -0.4 is 0 Å². The predicted octanol–water partition coefficient (Wildman–Crippen LogP) is 2.39. The van der Waals surface area contributed by atoms with E-state index in [0.717, 1.165) is 0 Å². The van der Waals surface area contributed by atoms with E-state index in [4.69, 9.17) is 0 Å². The summed E-state index contributed by atoms with van der Waals surface area (Å²) in [6.45, 7) is 2.08. The van der Waals surface area contributed by atoms with E-state index in [1.165, 1.54) is 19.8 Å². The fourth-order valence-electron chi connectivity index (χ4n) is 0.618. The van der Waals surface area contributed by atoms with Gasteiger partial charge in [0.25, 0.3) is 0 Å². The molecular formula is C10H14O3. The van der Waals surface area contributed by atoms with E-state index in [1.54, 1.807) is 0 Å². The van der Waals surface area contributed by atoms with Crippen molar-refractivity contribution in [3.63, 3.8) is 0 Å². The number of carbonyl (C=O) groups is 1. The Bertz CT molecular complexity index is 225. The van der Waals surface area contributed by atoms with Crippen molar-refractivity contribution in [1.82, 2.24) is 0 Å². The summed E-state index contributed by atoms with van der Waals surface area (Å²) in [5.74, 6) is 0. The van der Waals surface area contributed by atoms with Gasteiger partial charge in [-0.2, -0.15) is 0 Å². The summed E-state index contributed by atoms with van der Waals surface area (Å²) >= 11 is 0. The molecule has 1 rings (SSSR count). The zero-order valence-electron chi connectivity index (χ0n) is 8.11. The molecule has 0 aliphatic heterocycles. The molecule has 0 bridgehead atoms. The van der Waals surface area contributed by atoms with Gasteiger partial charge in [0.15, 0.2) is 0 Å². The van der Waals surface area contributed by atoms with Gasteiger partial charge in [-0.25, -0.2) is 4.79 Å². The van der Waals surface area contributed by atoms with E-state index in [-0.39, 0.29) is 0 Å². The molecule has 0 atom stereocenters. The van der Waals surface area contributed by atoms with Crippen LogP contribution in [0.25, 0.3) is 0 Å². The highest BCUT2D eigenvalue weighted by atomic mass is 16.7. The zero-order chi connectivity index (χ0) is 10.1. The Balaban J connectivity index is 0.000000226. The molecule has 0 saturated carbocycles. The summed E-state index contributed by atoms with van der Waals surface area (Å²) in [5.41, 5.74) is 1.32. The summed E-state index contributed by atoms with van der Waals surface area (Å²) in [4.78, 5) is 9.74. The van der Waals surface area contributed by atoms with Crippen molar-refractivity contribution < 1.29 is 14.3 Å². The molecular weight excluding hydrogens is 168 g/mol. The molecule has 1 aromatic carbocycles. The van der Waals surface area contributed by atoms with E-state index < -0.39 is 6.16 Å². The van der Waals surface area contributed by atoms with E-state index in [1.807, 2.05) is 18.2 Å². The quantitative estimate of drug-likeness (QED) is 0.578. The largest absolute Gasteiger partial charge is 0.507 e. The third-order valence-electron chi connectivity index (χ3n) is 1.27. The molecule has 0 radical (unpaired) electrons. The van der Waals surface area contributed by atoms with Crippen molar-refractivity contribution >= 4 is 6.16 Å². The Kier molecular flexibility index (Phi) is 6.32. The molecule has 0 saturated heterocycles. The maximum atomic E-state index is 9.74. The molecule has 0 amide bonds. The van der Waals surface area contributed by atoms with Crippen molar-refractivity contribution in [3.8, 4) is 0 Å². The second kappa shape index (κ2) is 7.16. The van der Waals surface area contributed by atoms with Crippen LogP contribution in [0.15, 0.2) is 30.3 Å². The van der Waals surface area contributed by atoms with E-state index in [2.05, 4.69) is 28.5 Å². The first-order valence-electron chi connectivity index (χ1n) is 3.84. The molecule has 72 valence electrons. The molecule has 3 heteroatoms. The van der Waals surface area contributed by atoms with Crippen LogP contribution in [0.2, 0.25) is 0 Å². The van der Waals surface area contributed by atoms with E-state index in [9.17, 15) is 4.79 Å². The number of aryl methyl sites for hydroxylation is 1. The minimum absolute atomic E-state index is 0.657. The van der Waals surface area contributed by atoms with Gasteiger partial charge in [0.2, 0.25) is 0 Å². The molecule has 0 N–H and O–H groups in total. The molecule has 0 aliphatic rings. The third kappa shape index (κ3) is 6.87. The average Bonchev–Trinajstić information content (AvgIpc) is 2.19. The van der Waals surface area contributed by atoms with Crippen molar-refractivity contribution in [2.75, 3.05) is 14.2 Å². The Hall–Kier alpha value is -1.51.